The summed E-state index contributed by atoms with van der Waals surface area (Å²) in [6.45, 7) is 0. The Morgan fingerprint density at radius 1 is 1.07 bits per heavy atom. The number of nitrogen functional groups attached to an aromatic ring is 1. The van der Waals surface area contributed by atoms with Crippen LogP contribution in [0.2, 0.25) is 0 Å². The highest BCUT2D eigenvalue weighted by atomic mass is 16.5. The lowest BCUT2D eigenvalue weighted by atomic mass is 10.1. The first-order valence-corrected chi connectivity index (χ1v) is 4.33. The van der Waals surface area contributed by atoms with Crippen molar-refractivity contribution in [1.29, 1.82) is 0 Å². The van der Waals surface area contributed by atoms with E-state index in [1.165, 1.54) is 0 Å². The second-order valence-corrected chi connectivity index (χ2v) is 3.06. The molecule has 0 saturated heterocycles. The van der Waals surface area contributed by atoms with Crippen molar-refractivity contribution < 1.29 is 9.94 Å². The fourth-order valence-electron chi connectivity index (χ4n) is 1.36. The van der Waals surface area contributed by atoms with Crippen molar-refractivity contribution in [2.45, 2.75) is 0 Å². The smallest absolute Gasteiger partial charge is 0.264 e. The van der Waals surface area contributed by atoms with Crippen LogP contribution in [0.1, 0.15) is 0 Å². The SMILES string of the molecule is Nc1cccc(-c2cccc[n+]2O)c1. The van der Waals surface area contributed by atoms with Gasteiger partial charge in [-0.3, -0.25) is 5.21 Å². The summed E-state index contributed by atoms with van der Waals surface area (Å²) < 4.78 is 1.08. The van der Waals surface area contributed by atoms with E-state index >= 15 is 0 Å². The van der Waals surface area contributed by atoms with Crippen LogP contribution in [0.25, 0.3) is 11.3 Å². The Morgan fingerprint density at radius 2 is 1.93 bits per heavy atom. The molecule has 1 aromatic carbocycles. The van der Waals surface area contributed by atoms with Crippen LogP contribution in [0.15, 0.2) is 48.7 Å². The highest BCUT2D eigenvalue weighted by molar-refractivity contribution is 5.61. The molecule has 0 radical (unpaired) electrons. The lowest BCUT2D eigenvalue weighted by Gasteiger charge is -1.97. The lowest BCUT2D eigenvalue weighted by molar-refractivity contribution is -0.896. The number of hydrogen-bond donors (Lipinski definition) is 2. The fourth-order valence-corrected chi connectivity index (χ4v) is 1.36. The molecular formula is C11H11N2O+. The summed E-state index contributed by atoms with van der Waals surface area (Å²) in [5, 5.41) is 9.53. The van der Waals surface area contributed by atoms with Gasteiger partial charge >= 0.3 is 0 Å². The molecule has 0 aliphatic heterocycles. The molecule has 1 heterocycles. The first-order chi connectivity index (χ1) is 6.77. The van der Waals surface area contributed by atoms with Gasteiger partial charge in [-0.25, -0.2) is 0 Å². The summed E-state index contributed by atoms with van der Waals surface area (Å²) in [7, 11) is 0. The van der Waals surface area contributed by atoms with Crippen molar-refractivity contribution in [3.05, 3.63) is 48.7 Å². The third kappa shape index (κ3) is 1.52. The normalized spacial score (nSPS) is 10.0. The molecule has 0 spiro atoms. The Kier molecular flexibility index (Phi) is 2.07. The summed E-state index contributed by atoms with van der Waals surface area (Å²) in [6.07, 6.45) is 1.58. The molecule has 0 aliphatic carbocycles. The molecule has 0 unspecified atom stereocenters. The Bertz CT molecular complexity index is 455. The predicted molar refractivity (Wildman–Crippen MR) is 53.7 cm³/mol. The molecule has 0 atom stereocenters. The quantitative estimate of drug-likeness (QED) is 0.403. The lowest BCUT2D eigenvalue weighted by Crippen LogP contribution is -2.31. The van der Waals surface area contributed by atoms with Crippen molar-refractivity contribution in [2.24, 2.45) is 0 Å². The standard InChI is InChI=1S/C11H11N2O/c12-10-5-3-4-9(8-10)11-6-1-2-7-13(11)14/h1-8,14H,12H2/q+1. The van der Waals surface area contributed by atoms with Gasteiger partial charge in [0.15, 0.2) is 0 Å². The summed E-state index contributed by atoms with van der Waals surface area (Å²) in [6, 6.07) is 12.8. The zero-order valence-corrected chi connectivity index (χ0v) is 7.59. The van der Waals surface area contributed by atoms with Gasteiger partial charge in [-0.1, -0.05) is 6.07 Å². The molecule has 2 rings (SSSR count). The molecule has 0 fully saturated rings. The summed E-state index contributed by atoms with van der Waals surface area (Å²) >= 11 is 0. The maximum atomic E-state index is 9.53. The molecule has 0 bridgehead atoms. The second kappa shape index (κ2) is 3.38. The number of benzene rings is 1. The molecule has 3 heteroatoms. The number of hydrogen-bond acceptors (Lipinski definition) is 2. The zero-order valence-electron chi connectivity index (χ0n) is 7.59. The first kappa shape index (κ1) is 8.56. The van der Waals surface area contributed by atoms with E-state index in [1.54, 1.807) is 12.3 Å². The van der Waals surface area contributed by atoms with Crippen LogP contribution in [-0.2, 0) is 0 Å². The molecule has 14 heavy (non-hydrogen) atoms. The molecule has 0 saturated carbocycles. The van der Waals surface area contributed by atoms with Gasteiger partial charge in [-0.05, 0) is 24.3 Å². The molecule has 70 valence electrons. The Labute approximate surface area is 82.0 Å². The van der Waals surface area contributed by atoms with Gasteiger partial charge in [-0.2, -0.15) is 0 Å². The van der Waals surface area contributed by atoms with E-state index in [9.17, 15) is 5.21 Å². The molecule has 0 aliphatic rings. The molecule has 3 N–H and O–H groups in total. The minimum absolute atomic E-state index is 0.686. The average Bonchev–Trinajstić information content (AvgIpc) is 2.18. The number of aromatic nitrogens is 1. The van der Waals surface area contributed by atoms with E-state index in [2.05, 4.69) is 0 Å². The van der Waals surface area contributed by atoms with Crippen molar-refractivity contribution in [3.63, 3.8) is 0 Å². The van der Waals surface area contributed by atoms with Crippen LogP contribution < -0.4 is 10.5 Å². The summed E-state index contributed by atoms with van der Waals surface area (Å²) in [5.74, 6) is 0. The van der Waals surface area contributed by atoms with Crippen LogP contribution in [0.5, 0.6) is 0 Å². The maximum absolute atomic E-state index is 9.53. The molecule has 0 amide bonds. The van der Waals surface area contributed by atoms with E-state index in [0.717, 1.165) is 16.0 Å². The van der Waals surface area contributed by atoms with Crippen molar-refractivity contribution in [1.82, 2.24) is 0 Å². The highest BCUT2D eigenvalue weighted by Crippen LogP contribution is 2.16. The maximum Gasteiger partial charge on any atom is 0.264 e. The van der Waals surface area contributed by atoms with Gasteiger partial charge in [0.25, 0.3) is 5.69 Å². The molecule has 3 nitrogen and oxygen atoms in total. The van der Waals surface area contributed by atoms with Crippen molar-refractivity contribution in [2.75, 3.05) is 5.73 Å². The van der Waals surface area contributed by atoms with E-state index < -0.39 is 0 Å². The van der Waals surface area contributed by atoms with Gasteiger partial charge in [0.2, 0.25) is 6.20 Å². The molecular weight excluding hydrogens is 176 g/mol. The fraction of sp³-hybridized carbons (Fsp3) is 0. The minimum atomic E-state index is 0.686. The molecule has 1 aromatic heterocycles. The third-order valence-corrected chi connectivity index (χ3v) is 2.02. The predicted octanol–water partition coefficient (Wildman–Crippen LogP) is 1.46. The number of pyridine rings is 1. The van der Waals surface area contributed by atoms with Crippen LogP contribution in [-0.4, -0.2) is 5.21 Å². The van der Waals surface area contributed by atoms with Crippen LogP contribution in [0, 0.1) is 0 Å². The van der Waals surface area contributed by atoms with Gasteiger partial charge in [0.05, 0.1) is 5.56 Å². The van der Waals surface area contributed by atoms with Crippen molar-refractivity contribution >= 4 is 5.69 Å². The zero-order chi connectivity index (χ0) is 9.97. The highest BCUT2D eigenvalue weighted by Gasteiger charge is 2.10. The van der Waals surface area contributed by atoms with Crippen LogP contribution in [0.4, 0.5) is 5.69 Å². The summed E-state index contributed by atoms with van der Waals surface area (Å²) in [4.78, 5) is 0. The van der Waals surface area contributed by atoms with Gasteiger partial charge in [0, 0.05) is 22.6 Å². The van der Waals surface area contributed by atoms with Gasteiger partial charge < -0.3 is 5.73 Å². The van der Waals surface area contributed by atoms with E-state index in [0.29, 0.717) is 5.69 Å². The minimum Gasteiger partial charge on any atom is -0.399 e. The third-order valence-electron chi connectivity index (χ3n) is 2.02. The topological polar surface area (TPSA) is 50.1 Å². The Balaban J connectivity index is 2.55. The Morgan fingerprint density at radius 3 is 2.64 bits per heavy atom. The summed E-state index contributed by atoms with van der Waals surface area (Å²) in [5.41, 5.74) is 7.96. The van der Waals surface area contributed by atoms with E-state index in [4.69, 9.17) is 5.73 Å². The van der Waals surface area contributed by atoms with Crippen molar-refractivity contribution in [3.8, 4) is 11.3 Å². The van der Waals surface area contributed by atoms with E-state index in [1.807, 2.05) is 36.4 Å². The largest absolute Gasteiger partial charge is 0.399 e. The number of anilines is 1. The van der Waals surface area contributed by atoms with Crippen LogP contribution in [0.3, 0.4) is 0 Å². The number of nitrogens with zero attached hydrogens (tertiary/aromatic N) is 1. The van der Waals surface area contributed by atoms with Crippen LogP contribution >= 0.6 is 0 Å². The number of nitrogens with two attached hydrogens (primary N) is 1. The van der Waals surface area contributed by atoms with E-state index in [-0.39, 0.29) is 0 Å². The average molecular weight is 187 g/mol. The second-order valence-electron chi connectivity index (χ2n) is 3.06. The number of rotatable bonds is 1. The molecule has 2 aromatic rings. The monoisotopic (exact) mass is 187 g/mol. The van der Waals surface area contributed by atoms with Gasteiger partial charge in [0.1, 0.15) is 0 Å². The van der Waals surface area contributed by atoms with Gasteiger partial charge in [-0.15, -0.1) is 0 Å². The Hall–Kier alpha value is -2.03. The first-order valence-electron chi connectivity index (χ1n) is 4.33.